The summed E-state index contributed by atoms with van der Waals surface area (Å²) in [6, 6.07) is 12.1. The van der Waals surface area contributed by atoms with E-state index in [0.29, 0.717) is 13.2 Å². The van der Waals surface area contributed by atoms with Crippen LogP contribution in [0.15, 0.2) is 36.4 Å². The highest BCUT2D eigenvalue weighted by Crippen LogP contribution is 2.36. The smallest absolute Gasteiger partial charge is 0.493 e. The van der Waals surface area contributed by atoms with Crippen LogP contribution in [0.4, 0.5) is 0 Å². The second-order valence-electron chi connectivity index (χ2n) is 11.7. The second-order valence-corrected chi connectivity index (χ2v) is 16.5. The molecule has 0 aliphatic carbocycles. The van der Waals surface area contributed by atoms with Gasteiger partial charge in [0.05, 0.1) is 26.3 Å². The van der Waals surface area contributed by atoms with Gasteiger partial charge in [0.15, 0.2) is 8.32 Å². The molecule has 0 radical (unpaired) electrons. The average Bonchev–Trinajstić information content (AvgIpc) is 2.80. The van der Waals surface area contributed by atoms with E-state index in [1.165, 1.54) is 4.90 Å². The molecule has 0 amide bonds. The molecule has 0 unspecified atom stereocenters. The molecule has 0 aromatic heterocycles. The van der Waals surface area contributed by atoms with Gasteiger partial charge in [-0.1, -0.05) is 39.0 Å². The number of benzene rings is 2. The molecule has 0 atom stereocenters. The van der Waals surface area contributed by atoms with Crippen LogP contribution < -0.4 is 4.74 Å². The van der Waals surface area contributed by atoms with Gasteiger partial charge in [-0.15, -0.1) is 0 Å². The van der Waals surface area contributed by atoms with Crippen LogP contribution in [0.3, 0.4) is 0 Å². The average molecular weight is 556 g/mol. The maximum Gasteiger partial charge on any atom is 0.792 e. The van der Waals surface area contributed by atoms with Crippen molar-refractivity contribution in [2.24, 2.45) is 0 Å². The quantitative estimate of drug-likeness (QED) is 0.289. The molecule has 212 valence electrons. The van der Waals surface area contributed by atoms with Gasteiger partial charge in [-0.05, 0) is 85.0 Å². The van der Waals surface area contributed by atoms with Gasteiger partial charge < -0.3 is 23.1 Å². The number of hydrogen-bond donors (Lipinski definition) is 0. The number of nitrogens with zero attached hydrogens (tertiary/aromatic N) is 1. The molecule has 1 heterocycles. The van der Waals surface area contributed by atoms with E-state index in [-0.39, 0.29) is 24.7 Å². The number of ether oxygens (including phenoxy) is 1. The molecule has 2 aromatic rings. The summed E-state index contributed by atoms with van der Waals surface area (Å²) in [5.74, 6) is -0.181. The number of aryl methyl sites for hydroxylation is 2. The molecule has 10 heteroatoms. The van der Waals surface area contributed by atoms with E-state index >= 15 is 0 Å². The fraction of sp³-hybridized carbons (Fsp3) is 0.517. The van der Waals surface area contributed by atoms with Gasteiger partial charge in [0, 0.05) is 13.0 Å². The number of rotatable bonds is 10. The molecular weight excluding hydrogens is 513 g/mol. The third-order valence-corrected chi connectivity index (χ3v) is 11.7. The lowest BCUT2D eigenvalue weighted by molar-refractivity contribution is -0.149. The van der Waals surface area contributed by atoms with Crippen LogP contribution in [-0.4, -0.2) is 65.8 Å². The van der Waals surface area contributed by atoms with Gasteiger partial charge in [0.1, 0.15) is 5.75 Å². The first kappa shape index (κ1) is 30.9. The predicted molar refractivity (Wildman–Crippen MR) is 155 cm³/mol. The van der Waals surface area contributed by atoms with Crippen molar-refractivity contribution in [1.82, 2.24) is 4.90 Å². The third kappa shape index (κ3) is 8.93. The van der Waals surface area contributed by atoms with Crippen molar-refractivity contribution in [3.8, 4) is 16.9 Å². The number of hydrogen-bond acceptors (Lipinski definition) is 8. The van der Waals surface area contributed by atoms with E-state index in [0.717, 1.165) is 40.0 Å². The lowest BCUT2D eigenvalue weighted by atomic mass is 9.94. The van der Waals surface area contributed by atoms with Crippen LogP contribution in [0.2, 0.25) is 18.1 Å². The third-order valence-electron chi connectivity index (χ3n) is 7.19. The van der Waals surface area contributed by atoms with Gasteiger partial charge >= 0.3 is 19.3 Å². The lowest BCUT2D eigenvalue weighted by Gasteiger charge is -2.36. The molecule has 8 nitrogen and oxygen atoms in total. The minimum Gasteiger partial charge on any atom is -0.493 e. The van der Waals surface area contributed by atoms with E-state index in [1.807, 2.05) is 24.3 Å². The second kappa shape index (κ2) is 13.1. The summed E-state index contributed by atoms with van der Waals surface area (Å²) < 4.78 is 28.2. The Hall–Kier alpha value is -2.66. The van der Waals surface area contributed by atoms with Crippen LogP contribution in [0.1, 0.15) is 43.9 Å². The molecule has 1 aliphatic rings. The molecule has 0 N–H and O–H groups in total. The first-order valence-electron chi connectivity index (χ1n) is 13.4. The van der Waals surface area contributed by atoms with Gasteiger partial charge in [-0.2, -0.15) is 0 Å². The van der Waals surface area contributed by atoms with E-state index in [1.54, 1.807) is 7.05 Å². The molecule has 39 heavy (non-hydrogen) atoms. The van der Waals surface area contributed by atoms with Crippen molar-refractivity contribution >= 4 is 27.6 Å². The Morgan fingerprint density at radius 2 is 1.59 bits per heavy atom. The summed E-state index contributed by atoms with van der Waals surface area (Å²) in [7, 11) is -1.46. The van der Waals surface area contributed by atoms with Crippen molar-refractivity contribution in [3.63, 3.8) is 0 Å². The first-order chi connectivity index (χ1) is 18.2. The van der Waals surface area contributed by atoms with E-state index < -0.39 is 27.6 Å². The van der Waals surface area contributed by atoms with Crippen molar-refractivity contribution < 1.29 is 32.7 Å². The van der Waals surface area contributed by atoms with Crippen molar-refractivity contribution in [1.29, 1.82) is 0 Å². The molecular formula is C29H42BNO7Si. The minimum absolute atomic E-state index is 0.00653. The number of carbonyl (C=O) groups is 2. The predicted octanol–water partition coefficient (Wildman–Crippen LogP) is 5.29. The molecule has 2 aromatic carbocycles. The Labute approximate surface area is 234 Å². The standard InChI is InChI=1S/C29H42BNO7Si/c1-21-15-25(34-13-10-14-36-39(7,8)29(3,4)5)16-22(2)28(21)24-12-9-11-23(17-24)20-35-30-37-26(32)18-31(6)19-27(33)38-30/h9,11-12,15-17H,10,13-14,18-20H2,1-8H3. The highest BCUT2D eigenvalue weighted by molar-refractivity contribution is 6.74. The molecule has 3 rings (SSSR count). The Morgan fingerprint density at radius 3 is 2.18 bits per heavy atom. The van der Waals surface area contributed by atoms with Crippen molar-refractivity contribution in [2.75, 3.05) is 33.4 Å². The lowest BCUT2D eigenvalue weighted by Crippen LogP contribution is -2.43. The SMILES string of the molecule is Cc1cc(OCCCO[Si](C)(C)C(C)(C)C)cc(C)c1-c1cccc(COB2OC(=O)CN(C)CC(=O)O2)c1. The zero-order valence-corrected chi connectivity index (χ0v) is 25.6. The van der Waals surface area contributed by atoms with Crippen molar-refractivity contribution in [2.45, 2.75) is 65.8 Å². The Morgan fingerprint density at radius 1 is 0.974 bits per heavy atom. The Balaban J connectivity index is 1.59. The van der Waals surface area contributed by atoms with Crippen molar-refractivity contribution in [3.05, 3.63) is 53.1 Å². The maximum absolute atomic E-state index is 11.9. The van der Waals surface area contributed by atoms with Crippen LogP contribution in [0, 0.1) is 13.8 Å². The zero-order valence-electron chi connectivity index (χ0n) is 24.6. The van der Waals surface area contributed by atoms with Gasteiger partial charge in [0.25, 0.3) is 0 Å². The minimum atomic E-state index is -1.74. The summed E-state index contributed by atoms with van der Waals surface area (Å²) in [6.07, 6.45) is 0.844. The zero-order chi connectivity index (χ0) is 28.8. The fourth-order valence-electron chi connectivity index (χ4n) is 4.11. The van der Waals surface area contributed by atoms with Gasteiger partial charge in [-0.25, -0.2) is 0 Å². The van der Waals surface area contributed by atoms with E-state index in [9.17, 15) is 9.59 Å². The summed E-state index contributed by atoms with van der Waals surface area (Å²) in [6.45, 7) is 16.8. The molecule has 0 spiro atoms. The Kier molecular flexibility index (Phi) is 10.4. The molecule has 1 fully saturated rings. The van der Waals surface area contributed by atoms with Crippen LogP contribution in [0.5, 0.6) is 5.75 Å². The van der Waals surface area contributed by atoms with E-state index in [2.05, 4.69) is 59.8 Å². The number of likely N-dealkylation sites (N-methyl/N-ethyl adjacent to an activating group) is 1. The Bertz CT molecular complexity index is 1120. The molecule has 0 saturated carbocycles. The van der Waals surface area contributed by atoms with Gasteiger partial charge in [-0.3, -0.25) is 14.5 Å². The fourth-order valence-corrected chi connectivity index (χ4v) is 5.20. The topological polar surface area (TPSA) is 83.5 Å². The van der Waals surface area contributed by atoms with Crippen LogP contribution >= 0.6 is 0 Å². The largest absolute Gasteiger partial charge is 0.792 e. The maximum atomic E-state index is 11.9. The summed E-state index contributed by atoms with van der Waals surface area (Å²) in [5, 5.41) is 0.201. The summed E-state index contributed by atoms with van der Waals surface area (Å²) >= 11 is 0. The highest BCUT2D eigenvalue weighted by Gasteiger charge is 2.37. The first-order valence-corrected chi connectivity index (χ1v) is 16.3. The monoisotopic (exact) mass is 555 g/mol. The molecule has 1 saturated heterocycles. The summed E-state index contributed by atoms with van der Waals surface area (Å²) in [4.78, 5) is 25.4. The van der Waals surface area contributed by atoms with E-state index in [4.69, 9.17) is 23.1 Å². The van der Waals surface area contributed by atoms with Gasteiger partial charge in [0.2, 0.25) is 0 Å². The van der Waals surface area contributed by atoms with Crippen LogP contribution in [0.25, 0.3) is 11.1 Å². The van der Waals surface area contributed by atoms with Crippen LogP contribution in [-0.2, 0) is 34.6 Å². The highest BCUT2D eigenvalue weighted by atomic mass is 28.4. The molecule has 0 bridgehead atoms. The summed E-state index contributed by atoms with van der Waals surface area (Å²) in [5.41, 5.74) is 5.23. The number of carbonyl (C=O) groups excluding carboxylic acids is 2. The molecule has 1 aliphatic heterocycles. The normalized spacial score (nSPS) is 15.4.